The van der Waals surface area contributed by atoms with Crippen molar-refractivity contribution in [2.24, 2.45) is 0 Å². The van der Waals surface area contributed by atoms with Gasteiger partial charge in [0.05, 0.1) is 10.9 Å². The molecule has 0 aliphatic rings. The third-order valence-electron chi connectivity index (χ3n) is 4.00. The average Bonchev–Trinajstić information content (AvgIpc) is 2.60. The molecule has 0 aliphatic heterocycles. The van der Waals surface area contributed by atoms with Crippen LogP contribution in [0.1, 0.15) is 5.56 Å². The Morgan fingerprint density at radius 2 is 1.96 bits per heavy atom. The van der Waals surface area contributed by atoms with E-state index in [0.29, 0.717) is 45.5 Å². The highest BCUT2D eigenvalue weighted by Crippen LogP contribution is 2.28. The highest BCUT2D eigenvalue weighted by atomic mass is 35.5. The minimum absolute atomic E-state index is 0.0837. The Hall–Kier alpha value is -1.89. The maximum atomic E-state index is 14.0. The molecule has 3 aromatic rings. The Labute approximate surface area is 160 Å². The topological polar surface area (TPSA) is 38.1 Å². The van der Waals surface area contributed by atoms with E-state index in [1.165, 1.54) is 17.8 Å². The molecule has 0 amide bonds. The van der Waals surface area contributed by atoms with Crippen LogP contribution in [0.2, 0.25) is 5.02 Å². The van der Waals surface area contributed by atoms with Gasteiger partial charge in [-0.15, -0.1) is 0 Å². The van der Waals surface area contributed by atoms with Crippen LogP contribution in [0.3, 0.4) is 0 Å². The van der Waals surface area contributed by atoms with Crippen molar-refractivity contribution in [3.8, 4) is 0 Å². The summed E-state index contributed by atoms with van der Waals surface area (Å²) in [6, 6.07) is 11.9. The Morgan fingerprint density at radius 1 is 1.19 bits per heavy atom. The zero-order valence-electron chi connectivity index (χ0n) is 14.6. The summed E-state index contributed by atoms with van der Waals surface area (Å²) >= 11 is 7.43. The molecule has 0 fully saturated rings. The average molecular weight is 392 g/mol. The molecule has 136 valence electrons. The number of hydrogen-bond acceptors (Lipinski definition) is 4. The van der Waals surface area contributed by atoms with Crippen molar-refractivity contribution in [1.29, 1.82) is 0 Å². The monoisotopic (exact) mass is 391 g/mol. The molecular formula is C19H19ClFN3OS. The van der Waals surface area contributed by atoms with Crippen LogP contribution in [-0.2, 0) is 12.3 Å². The lowest BCUT2D eigenvalue weighted by atomic mass is 10.2. The van der Waals surface area contributed by atoms with E-state index in [4.69, 9.17) is 11.6 Å². The predicted molar refractivity (Wildman–Crippen MR) is 106 cm³/mol. The Kier molecular flexibility index (Phi) is 5.96. The second-order valence-corrected chi connectivity index (χ2v) is 7.51. The molecule has 0 radical (unpaired) electrons. The van der Waals surface area contributed by atoms with E-state index in [0.717, 1.165) is 0 Å². The molecule has 1 aromatic heterocycles. The van der Waals surface area contributed by atoms with Crippen LogP contribution in [-0.4, -0.2) is 35.1 Å². The first-order chi connectivity index (χ1) is 12.5. The molecule has 0 saturated carbocycles. The molecule has 4 nitrogen and oxygen atoms in total. The van der Waals surface area contributed by atoms with Crippen molar-refractivity contribution < 1.29 is 4.39 Å². The van der Waals surface area contributed by atoms with E-state index >= 15 is 0 Å². The zero-order chi connectivity index (χ0) is 18.7. The SMILES string of the molecule is CN(C)CCn1c(SCc2c(F)cccc2Cl)nc2ccccc2c1=O. The molecule has 0 unspecified atom stereocenters. The Morgan fingerprint density at radius 3 is 2.69 bits per heavy atom. The minimum atomic E-state index is -0.354. The van der Waals surface area contributed by atoms with E-state index in [-0.39, 0.29) is 11.4 Å². The number of hydrogen-bond donors (Lipinski definition) is 0. The van der Waals surface area contributed by atoms with Gasteiger partial charge in [0, 0.05) is 29.4 Å². The third-order valence-corrected chi connectivity index (χ3v) is 5.36. The molecule has 7 heteroatoms. The molecule has 3 rings (SSSR count). The Bertz CT molecular complexity index is 970. The number of para-hydroxylation sites is 1. The summed E-state index contributed by atoms with van der Waals surface area (Å²) in [6.45, 7) is 1.21. The predicted octanol–water partition coefficient (Wildman–Crippen LogP) is 4.04. The molecule has 0 spiro atoms. The zero-order valence-corrected chi connectivity index (χ0v) is 16.1. The molecule has 0 bridgehead atoms. The summed E-state index contributed by atoms with van der Waals surface area (Å²) in [5, 5.41) is 1.52. The number of aromatic nitrogens is 2. The van der Waals surface area contributed by atoms with Crippen LogP contribution in [0.15, 0.2) is 52.4 Å². The maximum Gasteiger partial charge on any atom is 0.262 e. The summed E-state index contributed by atoms with van der Waals surface area (Å²) in [4.78, 5) is 19.5. The van der Waals surface area contributed by atoms with Gasteiger partial charge in [-0.3, -0.25) is 9.36 Å². The van der Waals surface area contributed by atoms with Gasteiger partial charge >= 0.3 is 0 Å². The minimum Gasteiger partial charge on any atom is -0.308 e. The van der Waals surface area contributed by atoms with Crippen molar-refractivity contribution >= 4 is 34.3 Å². The first-order valence-corrected chi connectivity index (χ1v) is 9.53. The van der Waals surface area contributed by atoms with Crippen molar-refractivity contribution in [2.45, 2.75) is 17.5 Å². The van der Waals surface area contributed by atoms with E-state index in [1.54, 1.807) is 22.8 Å². The van der Waals surface area contributed by atoms with Crippen LogP contribution < -0.4 is 5.56 Å². The number of fused-ring (bicyclic) bond motifs is 1. The molecule has 0 atom stereocenters. The van der Waals surface area contributed by atoms with Gasteiger partial charge in [-0.1, -0.05) is 41.6 Å². The van der Waals surface area contributed by atoms with Gasteiger partial charge in [-0.05, 0) is 38.4 Å². The maximum absolute atomic E-state index is 14.0. The van der Waals surface area contributed by atoms with Crippen molar-refractivity contribution in [2.75, 3.05) is 20.6 Å². The summed E-state index contributed by atoms with van der Waals surface area (Å²) in [5.74, 6) is -0.0499. The quantitative estimate of drug-likeness (QED) is 0.469. The van der Waals surface area contributed by atoms with Crippen LogP contribution in [0.25, 0.3) is 10.9 Å². The summed E-state index contributed by atoms with van der Waals surface area (Å²) in [5.41, 5.74) is 0.973. The first kappa shape index (κ1) is 18.9. The molecule has 0 N–H and O–H groups in total. The number of likely N-dealkylation sites (N-methyl/N-ethyl adjacent to an activating group) is 1. The number of thioether (sulfide) groups is 1. The lowest BCUT2D eigenvalue weighted by Gasteiger charge is -2.16. The van der Waals surface area contributed by atoms with Crippen molar-refractivity contribution in [3.63, 3.8) is 0 Å². The lowest BCUT2D eigenvalue weighted by molar-refractivity contribution is 0.371. The molecule has 0 saturated heterocycles. The fourth-order valence-electron chi connectivity index (χ4n) is 2.56. The fourth-order valence-corrected chi connectivity index (χ4v) is 3.93. The lowest BCUT2D eigenvalue weighted by Crippen LogP contribution is -2.28. The standard InChI is InChI=1S/C19H19ClFN3OS/c1-23(2)10-11-24-18(25)13-6-3-4-9-17(13)22-19(24)26-12-14-15(20)7-5-8-16(14)21/h3-9H,10-12H2,1-2H3. The van der Waals surface area contributed by atoms with Gasteiger partial charge in [0.15, 0.2) is 5.16 Å². The molecule has 1 heterocycles. The van der Waals surface area contributed by atoms with Crippen LogP contribution in [0.5, 0.6) is 0 Å². The molecule has 2 aromatic carbocycles. The normalized spacial score (nSPS) is 11.4. The number of benzene rings is 2. The largest absolute Gasteiger partial charge is 0.308 e. The van der Waals surface area contributed by atoms with Crippen LogP contribution in [0, 0.1) is 5.82 Å². The van der Waals surface area contributed by atoms with E-state index in [1.807, 2.05) is 37.2 Å². The van der Waals surface area contributed by atoms with Gasteiger partial charge < -0.3 is 4.90 Å². The third kappa shape index (κ3) is 4.09. The van der Waals surface area contributed by atoms with Gasteiger partial charge in [-0.2, -0.15) is 0 Å². The number of nitrogens with zero attached hydrogens (tertiary/aromatic N) is 3. The van der Waals surface area contributed by atoms with Crippen LogP contribution >= 0.6 is 23.4 Å². The smallest absolute Gasteiger partial charge is 0.262 e. The highest BCUT2D eigenvalue weighted by Gasteiger charge is 2.14. The van der Waals surface area contributed by atoms with E-state index < -0.39 is 0 Å². The first-order valence-electron chi connectivity index (χ1n) is 8.17. The molecular weight excluding hydrogens is 373 g/mol. The van der Waals surface area contributed by atoms with E-state index in [2.05, 4.69) is 4.98 Å². The van der Waals surface area contributed by atoms with Gasteiger partial charge in [-0.25, -0.2) is 9.37 Å². The summed E-state index contributed by atoms with van der Waals surface area (Å²) < 4.78 is 15.7. The summed E-state index contributed by atoms with van der Waals surface area (Å²) in [6.07, 6.45) is 0. The second kappa shape index (κ2) is 8.20. The van der Waals surface area contributed by atoms with Crippen molar-refractivity contribution in [1.82, 2.24) is 14.5 Å². The van der Waals surface area contributed by atoms with Gasteiger partial charge in [0.25, 0.3) is 5.56 Å². The van der Waals surface area contributed by atoms with Gasteiger partial charge in [0.2, 0.25) is 0 Å². The van der Waals surface area contributed by atoms with Crippen LogP contribution in [0.4, 0.5) is 4.39 Å². The van der Waals surface area contributed by atoms with Gasteiger partial charge in [0.1, 0.15) is 5.82 Å². The van der Waals surface area contributed by atoms with E-state index in [9.17, 15) is 9.18 Å². The Balaban J connectivity index is 2.00. The molecule has 26 heavy (non-hydrogen) atoms. The highest BCUT2D eigenvalue weighted by molar-refractivity contribution is 7.98. The second-order valence-electron chi connectivity index (χ2n) is 6.16. The van der Waals surface area contributed by atoms with Crippen molar-refractivity contribution in [3.05, 3.63) is 69.2 Å². The fraction of sp³-hybridized carbons (Fsp3) is 0.263. The molecule has 0 aliphatic carbocycles. The summed E-state index contributed by atoms with van der Waals surface area (Å²) in [7, 11) is 3.90. The number of rotatable bonds is 6. The number of halogens is 2.